The number of amides is 1. The zero-order valence-corrected chi connectivity index (χ0v) is 10.2. The molecule has 0 aromatic carbocycles. The van der Waals surface area contributed by atoms with E-state index in [2.05, 4.69) is 10.1 Å². The summed E-state index contributed by atoms with van der Waals surface area (Å²) in [6, 6.07) is -2.41. The monoisotopic (exact) mass is 268 g/mol. The highest BCUT2D eigenvalue weighted by molar-refractivity contribution is 5.86. The maximum Gasteiger partial charge on any atom is 0.345 e. The molecule has 4 N–H and O–H groups in total. The lowest BCUT2D eigenvalue weighted by atomic mass is 10.0. The van der Waals surface area contributed by atoms with Crippen molar-refractivity contribution in [3.8, 4) is 0 Å². The summed E-state index contributed by atoms with van der Waals surface area (Å²) in [6.45, 7) is -0.204. The lowest BCUT2D eigenvalue weighted by molar-refractivity contribution is -0.156. The van der Waals surface area contributed by atoms with Gasteiger partial charge in [-0.2, -0.15) is 8.78 Å². The van der Waals surface area contributed by atoms with Gasteiger partial charge in [0.05, 0.1) is 12.6 Å². The molecule has 2 atom stereocenters. The highest BCUT2D eigenvalue weighted by Crippen LogP contribution is 2.03. The minimum Gasteiger partial charge on any atom is -0.480 e. The Bertz CT molecular complexity index is 287. The first-order valence-electron chi connectivity index (χ1n) is 5.42. The van der Waals surface area contributed by atoms with E-state index in [-0.39, 0.29) is 5.92 Å². The van der Waals surface area contributed by atoms with Crippen molar-refractivity contribution in [1.29, 1.82) is 0 Å². The summed E-state index contributed by atoms with van der Waals surface area (Å²) in [5.41, 5.74) is 5.53. The number of hydrogen-bond donors (Lipinski definition) is 3. The number of halogens is 2. The summed E-state index contributed by atoms with van der Waals surface area (Å²) < 4.78 is 27.4. The van der Waals surface area contributed by atoms with E-state index in [9.17, 15) is 18.4 Å². The van der Waals surface area contributed by atoms with E-state index in [1.807, 2.05) is 13.8 Å². The van der Waals surface area contributed by atoms with Gasteiger partial charge in [0.15, 0.2) is 6.04 Å². The molecular weight excluding hydrogens is 250 g/mol. The zero-order valence-electron chi connectivity index (χ0n) is 10.2. The molecule has 0 fully saturated rings. The van der Waals surface area contributed by atoms with Crippen LogP contribution in [0.3, 0.4) is 0 Å². The number of carbonyl (C=O) groups is 2. The van der Waals surface area contributed by atoms with E-state index in [1.165, 1.54) is 0 Å². The molecule has 0 saturated heterocycles. The van der Waals surface area contributed by atoms with Crippen LogP contribution in [-0.4, -0.2) is 42.3 Å². The molecule has 0 saturated carbocycles. The minimum absolute atomic E-state index is 0.159. The van der Waals surface area contributed by atoms with Crippen LogP contribution in [0.15, 0.2) is 0 Å². The second kappa shape index (κ2) is 7.93. The van der Waals surface area contributed by atoms with Crippen molar-refractivity contribution in [3.63, 3.8) is 0 Å². The Kier molecular flexibility index (Phi) is 7.37. The Labute approximate surface area is 103 Å². The van der Waals surface area contributed by atoms with Crippen molar-refractivity contribution >= 4 is 11.9 Å². The van der Waals surface area contributed by atoms with Crippen LogP contribution < -0.4 is 11.1 Å². The molecule has 6 nitrogen and oxygen atoms in total. The number of hydrogen-bond acceptors (Lipinski definition) is 4. The molecule has 18 heavy (non-hydrogen) atoms. The Hall–Kier alpha value is -1.28. The first kappa shape index (κ1) is 16.7. The number of alkyl halides is 2. The van der Waals surface area contributed by atoms with Crippen LogP contribution in [-0.2, 0) is 14.3 Å². The number of nitrogens with one attached hydrogen (secondary N) is 1. The fraction of sp³-hybridized carbons (Fsp3) is 0.800. The van der Waals surface area contributed by atoms with Gasteiger partial charge in [-0.25, -0.2) is 4.79 Å². The molecule has 0 heterocycles. The van der Waals surface area contributed by atoms with Gasteiger partial charge < -0.3 is 20.9 Å². The third kappa shape index (κ3) is 7.13. The smallest absolute Gasteiger partial charge is 0.345 e. The molecule has 0 aliphatic heterocycles. The number of ether oxygens (including phenoxy) is 1. The Balaban J connectivity index is 4.31. The third-order valence-electron chi connectivity index (χ3n) is 2.07. The second-order valence-corrected chi connectivity index (χ2v) is 4.23. The number of carboxylic acids is 1. The van der Waals surface area contributed by atoms with Gasteiger partial charge >= 0.3 is 12.6 Å². The van der Waals surface area contributed by atoms with Crippen molar-refractivity contribution < 1.29 is 28.2 Å². The maximum absolute atomic E-state index is 11.8. The predicted octanol–water partition coefficient (Wildman–Crippen LogP) is 0.168. The lowest BCUT2D eigenvalue weighted by Crippen LogP contribution is -2.50. The molecule has 1 amide bonds. The summed E-state index contributed by atoms with van der Waals surface area (Å²) in [7, 11) is 0. The maximum atomic E-state index is 11.8. The van der Waals surface area contributed by atoms with Crippen molar-refractivity contribution in [3.05, 3.63) is 0 Å². The van der Waals surface area contributed by atoms with E-state index in [4.69, 9.17) is 10.8 Å². The molecule has 0 aromatic rings. The first-order chi connectivity index (χ1) is 8.23. The topological polar surface area (TPSA) is 102 Å². The van der Waals surface area contributed by atoms with Crippen LogP contribution in [0.2, 0.25) is 0 Å². The summed E-state index contributed by atoms with van der Waals surface area (Å²) in [4.78, 5) is 22.2. The fourth-order valence-electron chi connectivity index (χ4n) is 1.24. The highest BCUT2D eigenvalue weighted by atomic mass is 19.3. The Morgan fingerprint density at radius 1 is 1.39 bits per heavy atom. The molecule has 106 valence electrons. The average molecular weight is 268 g/mol. The SMILES string of the molecule is CC(C)C[C@H](N)C(=O)N[C@@H](COC(F)F)C(=O)O. The summed E-state index contributed by atoms with van der Waals surface area (Å²) >= 11 is 0. The van der Waals surface area contributed by atoms with Gasteiger partial charge in [0, 0.05) is 0 Å². The van der Waals surface area contributed by atoms with E-state index < -0.39 is 37.2 Å². The van der Waals surface area contributed by atoms with Crippen LogP contribution in [0.1, 0.15) is 20.3 Å². The van der Waals surface area contributed by atoms with Gasteiger partial charge in [-0.1, -0.05) is 13.8 Å². The van der Waals surface area contributed by atoms with Crippen LogP contribution in [0.5, 0.6) is 0 Å². The van der Waals surface area contributed by atoms with Gasteiger partial charge in [-0.15, -0.1) is 0 Å². The lowest BCUT2D eigenvalue weighted by Gasteiger charge is -2.18. The number of carbonyl (C=O) groups excluding carboxylic acids is 1. The van der Waals surface area contributed by atoms with Crippen LogP contribution in [0, 0.1) is 5.92 Å². The van der Waals surface area contributed by atoms with Gasteiger partial charge in [0.25, 0.3) is 0 Å². The standard InChI is InChI=1S/C10H18F2N2O4/c1-5(2)3-6(13)8(15)14-7(9(16)17)4-18-10(11)12/h5-7,10H,3-4,13H2,1-2H3,(H,14,15)(H,16,17)/t6-,7-/m0/s1. The van der Waals surface area contributed by atoms with Gasteiger partial charge in [-0.3, -0.25) is 4.79 Å². The Morgan fingerprint density at radius 3 is 2.33 bits per heavy atom. The molecule has 8 heteroatoms. The van der Waals surface area contributed by atoms with E-state index in [0.717, 1.165) is 0 Å². The van der Waals surface area contributed by atoms with Crippen molar-refractivity contribution in [2.45, 2.75) is 39.0 Å². The molecule has 0 rings (SSSR count). The molecule has 0 aromatic heterocycles. The molecule has 0 aliphatic rings. The molecule has 0 aliphatic carbocycles. The van der Waals surface area contributed by atoms with Crippen molar-refractivity contribution in [1.82, 2.24) is 5.32 Å². The van der Waals surface area contributed by atoms with Gasteiger partial charge in [-0.05, 0) is 12.3 Å². The van der Waals surface area contributed by atoms with E-state index in [0.29, 0.717) is 6.42 Å². The zero-order chi connectivity index (χ0) is 14.3. The highest BCUT2D eigenvalue weighted by Gasteiger charge is 2.24. The van der Waals surface area contributed by atoms with Crippen LogP contribution >= 0.6 is 0 Å². The molecular formula is C10H18F2N2O4. The number of aliphatic carboxylic acids is 1. The van der Waals surface area contributed by atoms with E-state index in [1.54, 1.807) is 0 Å². The van der Waals surface area contributed by atoms with Crippen LogP contribution in [0.25, 0.3) is 0 Å². The second-order valence-electron chi connectivity index (χ2n) is 4.23. The molecule has 0 spiro atoms. The van der Waals surface area contributed by atoms with Gasteiger partial charge in [0.2, 0.25) is 5.91 Å². The summed E-state index contributed by atoms with van der Waals surface area (Å²) in [5, 5.41) is 10.8. The van der Waals surface area contributed by atoms with E-state index >= 15 is 0 Å². The number of rotatable bonds is 8. The fourth-order valence-corrected chi connectivity index (χ4v) is 1.24. The molecule has 0 radical (unpaired) electrons. The Morgan fingerprint density at radius 2 is 1.94 bits per heavy atom. The third-order valence-corrected chi connectivity index (χ3v) is 2.07. The van der Waals surface area contributed by atoms with Crippen molar-refractivity contribution in [2.24, 2.45) is 11.7 Å². The number of carboxylic acid groups (broad SMARTS) is 1. The quantitative estimate of drug-likeness (QED) is 0.582. The average Bonchev–Trinajstić information content (AvgIpc) is 2.21. The largest absolute Gasteiger partial charge is 0.480 e. The van der Waals surface area contributed by atoms with Crippen LogP contribution in [0.4, 0.5) is 8.78 Å². The summed E-state index contributed by atoms with van der Waals surface area (Å²) in [5.74, 6) is -2.00. The minimum atomic E-state index is -3.09. The normalized spacial score (nSPS) is 14.6. The molecule has 0 unspecified atom stereocenters. The summed E-state index contributed by atoms with van der Waals surface area (Å²) in [6.07, 6.45) is 0.369. The molecule has 0 bridgehead atoms. The van der Waals surface area contributed by atoms with Gasteiger partial charge in [0.1, 0.15) is 0 Å². The first-order valence-corrected chi connectivity index (χ1v) is 5.42. The van der Waals surface area contributed by atoms with Crippen molar-refractivity contribution in [2.75, 3.05) is 6.61 Å². The predicted molar refractivity (Wildman–Crippen MR) is 59.0 cm³/mol. The number of nitrogens with two attached hydrogens (primary N) is 1.